The molecular weight excluding hydrogens is 544 g/mol. The Hall–Kier alpha value is -5.08. The predicted octanol–water partition coefficient (Wildman–Crippen LogP) is 9.42. The van der Waals surface area contributed by atoms with E-state index in [1.54, 1.807) is 0 Å². The predicted molar refractivity (Wildman–Crippen MR) is 191 cm³/mol. The van der Waals surface area contributed by atoms with Gasteiger partial charge < -0.3 is 11.5 Å². The highest BCUT2D eigenvalue weighted by molar-refractivity contribution is 5.44. The molecule has 0 aliphatic carbocycles. The van der Waals surface area contributed by atoms with E-state index in [0.717, 1.165) is 43.5 Å². The second kappa shape index (κ2) is 13.7. The normalized spacial score (nSPS) is 11.1. The van der Waals surface area contributed by atoms with E-state index in [2.05, 4.69) is 123 Å². The van der Waals surface area contributed by atoms with Crippen LogP contribution >= 0.6 is 0 Å². The van der Waals surface area contributed by atoms with Gasteiger partial charge in [-0.15, -0.1) is 0 Å². The molecule has 4 N–H and O–H groups in total. The fourth-order valence-electron chi connectivity index (χ4n) is 6.10. The van der Waals surface area contributed by atoms with Crippen LogP contribution in [0.4, 0.5) is 11.4 Å². The third kappa shape index (κ3) is 8.10. The van der Waals surface area contributed by atoms with Crippen LogP contribution in [0.5, 0.6) is 0 Å². The second-order valence-electron chi connectivity index (χ2n) is 12.5. The minimum absolute atomic E-state index is 0.810. The van der Waals surface area contributed by atoms with Crippen LogP contribution in [-0.4, -0.2) is 0 Å². The number of nitrogens with two attached hydrogens (primary N) is 2. The molecule has 0 amide bonds. The van der Waals surface area contributed by atoms with Gasteiger partial charge in [-0.3, -0.25) is 0 Å². The molecule has 0 unspecified atom stereocenters. The highest BCUT2D eigenvalue weighted by Crippen LogP contribution is 2.22. The SMILES string of the molecule is Cc1cc(Cc2ccc(N)cc2)ccc1Cc1ccc(Cc2ccc(Cc3ccc(Cc4ccc(N)cc4)cc3C)cc2)cc1. The first kappa shape index (κ1) is 30.0. The molecule has 2 nitrogen and oxygen atoms in total. The molecule has 2 heteroatoms. The lowest BCUT2D eigenvalue weighted by Gasteiger charge is -2.11. The summed E-state index contributed by atoms with van der Waals surface area (Å²) in [7, 11) is 0. The molecular formula is C43H42N2. The topological polar surface area (TPSA) is 52.0 Å². The average molecular weight is 587 g/mol. The molecule has 0 saturated carbocycles. The summed E-state index contributed by atoms with van der Waals surface area (Å²) in [4.78, 5) is 0. The molecule has 6 aromatic carbocycles. The lowest BCUT2D eigenvalue weighted by molar-refractivity contribution is 1.10. The molecule has 0 heterocycles. The van der Waals surface area contributed by atoms with Gasteiger partial charge in [-0.05, 0) is 137 Å². The quantitative estimate of drug-likeness (QED) is 0.157. The van der Waals surface area contributed by atoms with Crippen LogP contribution in [0.1, 0.15) is 66.8 Å². The van der Waals surface area contributed by atoms with Gasteiger partial charge >= 0.3 is 0 Å². The summed E-state index contributed by atoms with van der Waals surface area (Å²) in [5.74, 6) is 0. The minimum atomic E-state index is 0.810. The van der Waals surface area contributed by atoms with E-state index in [9.17, 15) is 0 Å². The first-order chi connectivity index (χ1) is 21.9. The molecule has 0 aromatic heterocycles. The fraction of sp³-hybridized carbons (Fsp3) is 0.163. The van der Waals surface area contributed by atoms with Crippen molar-refractivity contribution in [3.05, 3.63) is 200 Å². The van der Waals surface area contributed by atoms with Gasteiger partial charge in [-0.25, -0.2) is 0 Å². The van der Waals surface area contributed by atoms with Gasteiger partial charge in [-0.1, -0.05) is 109 Å². The average Bonchev–Trinajstić information content (AvgIpc) is 3.04. The third-order valence-corrected chi connectivity index (χ3v) is 8.83. The third-order valence-electron chi connectivity index (χ3n) is 8.83. The Morgan fingerprint density at radius 1 is 0.311 bits per heavy atom. The summed E-state index contributed by atoms with van der Waals surface area (Å²) in [6.07, 6.45) is 4.69. The van der Waals surface area contributed by atoms with Crippen molar-refractivity contribution >= 4 is 11.4 Å². The number of rotatable bonds is 10. The molecule has 0 saturated heterocycles. The zero-order valence-corrected chi connectivity index (χ0v) is 26.4. The summed E-state index contributed by atoms with van der Waals surface area (Å²) in [5.41, 5.74) is 29.4. The zero-order chi connectivity index (χ0) is 31.2. The first-order valence-corrected chi connectivity index (χ1v) is 15.9. The Morgan fingerprint density at radius 3 is 0.867 bits per heavy atom. The van der Waals surface area contributed by atoms with Crippen molar-refractivity contribution in [2.75, 3.05) is 11.5 Å². The molecule has 0 bridgehead atoms. The number of hydrogen-bond donors (Lipinski definition) is 2. The van der Waals surface area contributed by atoms with Gasteiger partial charge in [0.05, 0.1) is 0 Å². The van der Waals surface area contributed by atoms with Gasteiger partial charge in [0.25, 0.3) is 0 Å². The van der Waals surface area contributed by atoms with E-state index in [-0.39, 0.29) is 0 Å². The molecule has 6 rings (SSSR count). The molecule has 45 heavy (non-hydrogen) atoms. The van der Waals surface area contributed by atoms with Crippen LogP contribution in [0.2, 0.25) is 0 Å². The molecule has 0 atom stereocenters. The molecule has 0 fully saturated rings. The van der Waals surface area contributed by atoms with Crippen LogP contribution in [0.3, 0.4) is 0 Å². The molecule has 0 aliphatic rings. The number of anilines is 2. The maximum atomic E-state index is 5.84. The monoisotopic (exact) mass is 586 g/mol. The van der Waals surface area contributed by atoms with Gasteiger partial charge in [0, 0.05) is 11.4 Å². The van der Waals surface area contributed by atoms with E-state index in [4.69, 9.17) is 11.5 Å². The first-order valence-electron chi connectivity index (χ1n) is 15.9. The van der Waals surface area contributed by atoms with Crippen LogP contribution in [0, 0.1) is 13.8 Å². The summed E-state index contributed by atoms with van der Waals surface area (Å²) >= 11 is 0. The Kier molecular flexibility index (Phi) is 9.12. The molecule has 0 aliphatic heterocycles. The number of hydrogen-bond acceptors (Lipinski definition) is 2. The molecule has 0 radical (unpaired) electrons. The van der Waals surface area contributed by atoms with Crippen molar-refractivity contribution in [1.29, 1.82) is 0 Å². The zero-order valence-electron chi connectivity index (χ0n) is 26.4. The van der Waals surface area contributed by atoms with Crippen molar-refractivity contribution in [1.82, 2.24) is 0 Å². The van der Waals surface area contributed by atoms with Crippen LogP contribution in [-0.2, 0) is 32.1 Å². The van der Waals surface area contributed by atoms with E-state index >= 15 is 0 Å². The van der Waals surface area contributed by atoms with Gasteiger partial charge in [0.1, 0.15) is 0 Å². The minimum Gasteiger partial charge on any atom is -0.399 e. The lowest BCUT2D eigenvalue weighted by atomic mass is 9.94. The number of benzene rings is 6. The fourth-order valence-corrected chi connectivity index (χ4v) is 6.10. The van der Waals surface area contributed by atoms with Crippen molar-refractivity contribution in [2.45, 2.75) is 46.0 Å². The van der Waals surface area contributed by atoms with E-state index in [0.29, 0.717) is 0 Å². The van der Waals surface area contributed by atoms with Gasteiger partial charge in [0.2, 0.25) is 0 Å². The van der Waals surface area contributed by atoms with Crippen LogP contribution in [0.25, 0.3) is 0 Å². The Morgan fingerprint density at radius 2 is 0.556 bits per heavy atom. The molecule has 224 valence electrons. The van der Waals surface area contributed by atoms with Crippen molar-refractivity contribution in [3.63, 3.8) is 0 Å². The lowest BCUT2D eigenvalue weighted by Crippen LogP contribution is -1.97. The summed E-state index contributed by atoms with van der Waals surface area (Å²) < 4.78 is 0. The number of nitrogen functional groups attached to an aromatic ring is 2. The van der Waals surface area contributed by atoms with Crippen molar-refractivity contribution in [2.24, 2.45) is 0 Å². The highest BCUT2D eigenvalue weighted by atomic mass is 14.5. The molecule has 0 spiro atoms. The Labute approximate surface area is 268 Å². The standard InChI is InChI=1S/C43H42N2/c1-30-23-38(26-34-13-19-42(44)20-14-34)11-17-40(30)28-36-7-3-32(4-8-36)25-33-5-9-37(10-6-33)29-41-18-12-39(24-31(41)2)27-35-15-21-43(45)22-16-35/h3-24H,25-29,44-45H2,1-2H3. The number of aryl methyl sites for hydroxylation is 2. The maximum Gasteiger partial charge on any atom is 0.0314 e. The largest absolute Gasteiger partial charge is 0.399 e. The highest BCUT2D eigenvalue weighted by Gasteiger charge is 2.07. The summed E-state index contributed by atoms with van der Waals surface area (Å²) in [6, 6.07) is 48.3. The van der Waals surface area contributed by atoms with E-state index in [1.807, 2.05) is 24.3 Å². The van der Waals surface area contributed by atoms with Gasteiger partial charge in [0.15, 0.2) is 0 Å². The smallest absolute Gasteiger partial charge is 0.0314 e. The van der Waals surface area contributed by atoms with E-state index < -0.39 is 0 Å². The Balaban J connectivity index is 1.02. The van der Waals surface area contributed by atoms with Crippen LogP contribution in [0.15, 0.2) is 133 Å². The Bertz CT molecular complexity index is 1720. The summed E-state index contributed by atoms with van der Waals surface area (Å²) in [5, 5.41) is 0. The summed E-state index contributed by atoms with van der Waals surface area (Å²) in [6.45, 7) is 4.44. The van der Waals surface area contributed by atoms with Crippen molar-refractivity contribution < 1.29 is 0 Å². The van der Waals surface area contributed by atoms with Crippen LogP contribution < -0.4 is 11.5 Å². The van der Waals surface area contributed by atoms with Crippen molar-refractivity contribution in [3.8, 4) is 0 Å². The molecule has 6 aromatic rings. The maximum absolute atomic E-state index is 5.84. The van der Waals surface area contributed by atoms with Gasteiger partial charge in [-0.2, -0.15) is 0 Å². The van der Waals surface area contributed by atoms with E-state index in [1.165, 1.54) is 66.8 Å². The second-order valence-corrected chi connectivity index (χ2v) is 12.5.